The molecule has 1 aromatic carbocycles. The number of nitrogens with one attached hydrogen (secondary N) is 2. The van der Waals surface area contributed by atoms with E-state index < -0.39 is 11.9 Å². The first-order chi connectivity index (χ1) is 15.5. The van der Waals surface area contributed by atoms with Crippen LogP contribution in [-0.2, 0) is 4.79 Å². The number of carbonyl (C=O) groups excluding carboxylic acids is 1. The fourth-order valence-electron chi connectivity index (χ4n) is 3.36. The van der Waals surface area contributed by atoms with Gasteiger partial charge in [-0.15, -0.1) is 5.10 Å². The molecule has 2 heterocycles. The van der Waals surface area contributed by atoms with Crippen LogP contribution in [0.5, 0.6) is 5.88 Å². The molecule has 0 spiro atoms. The highest BCUT2D eigenvalue weighted by atomic mass is 35.5. The predicted molar refractivity (Wildman–Crippen MR) is 115 cm³/mol. The smallest absolute Gasteiger partial charge is 0.320 e. The number of hydrogen-bond donors (Lipinski definition) is 3. The minimum Gasteiger partial charge on any atom is -0.481 e. The number of amides is 1. The lowest BCUT2D eigenvalue weighted by molar-refractivity contribution is -0.143. The molecular formula is C21H20ClN5O5. The Kier molecular flexibility index (Phi) is 6.50. The number of benzene rings is 1. The quantitative estimate of drug-likeness (QED) is 0.477. The molecule has 4 rings (SSSR count). The number of pyridine rings is 1. The zero-order valence-corrected chi connectivity index (χ0v) is 17.6. The van der Waals surface area contributed by atoms with Crippen molar-refractivity contribution in [2.45, 2.75) is 31.8 Å². The van der Waals surface area contributed by atoms with E-state index in [0.717, 1.165) is 0 Å². The molecule has 10 nitrogen and oxygen atoms in total. The number of nitrogens with zero attached hydrogens (tertiary/aromatic N) is 3. The van der Waals surface area contributed by atoms with E-state index in [1.54, 1.807) is 36.4 Å². The van der Waals surface area contributed by atoms with Gasteiger partial charge in [0.2, 0.25) is 5.88 Å². The maximum absolute atomic E-state index is 12.4. The Hall–Kier alpha value is -3.66. The van der Waals surface area contributed by atoms with Gasteiger partial charge in [-0.05, 0) is 49.9 Å². The monoisotopic (exact) mass is 457 g/mol. The average molecular weight is 458 g/mol. The van der Waals surface area contributed by atoms with Crippen molar-refractivity contribution in [3.05, 3.63) is 53.5 Å². The van der Waals surface area contributed by atoms with Gasteiger partial charge in [-0.1, -0.05) is 22.8 Å². The van der Waals surface area contributed by atoms with Crippen LogP contribution >= 0.6 is 11.6 Å². The third-order valence-corrected chi connectivity index (χ3v) is 5.24. The highest BCUT2D eigenvalue weighted by molar-refractivity contribution is 6.30. The summed E-state index contributed by atoms with van der Waals surface area (Å²) < 4.78 is 11.2. The lowest BCUT2D eigenvalue weighted by Crippen LogP contribution is -2.28. The molecule has 0 atom stereocenters. The van der Waals surface area contributed by atoms with Crippen molar-refractivity contribution in [1.82, 2.24) is 15.2 Å². The second-order valence-corrected chi connectivity index (χ2v) is 7.75. The Morgan fingerprint density at radius 1 is 1.09 bits per heavy atom. The summed E-state index contributed by atoms with van der Waals surface area (Å²) in [5.74, 6) is -1.45. The van der Waals surface area contributed by atoms with Crippen LogP contribution in [0.1, 0.15) is 36.4 Å². The summed E-state index contributed by atoms with van der Waals surface area (Å²) in [5, 5.41) is 22.6. The molecule has 1 aliphatic carbocycles. The number of carboxylic acids is 1. The van der Waals surface area contributed by atoms with E-state index in [1.165, 1.54) is 6.20 Å². The molecule has 0 saturated heterocycles. The first kappa shape index (κ1) is 21.6. The Morgan fingerprint density at radius 3 is 2.59 bits per heavy atom. The second-order valence-electron chi connectivity index (χ2n) is 7.32. The molecule has 166 valence electrons. The first-order valence-electron chi connectivity index (χ1n) is 9.99. The van der Waals surface area contributed by atoms with Crippen molar-refractivity contribution in [3.63, 3.8) is 0 Å². The van der Waals surface area contributed by atoms with E-state index in [9.17, 15) is 9.59 Å². The Balaban J connectivity index is 1.29. The third-order valence-electron chi connectivity index (χ3n) is 5.00. The lowest BCUT2D eigenvalue weighted by Gasteiger charge is -2.26. The molecule has 0 unspecified atom stereocenters. The summed E-state index contributed by atoms with van der Waals surface area (Å²) in [6, 6.07) is 10.3. The molecule has 1 aliphatic rings. The van der Waals surface area contributed by atoms with Crippen LogP contribution in [0.15, 0.2) is 47.0 Å². The lowest BCUT2D eigenvalue weighted by atomic mass is 9.87. The van der Waals surface area contributed by atoms with Crippen molar-refractivity contribution in [3.8, 4) is 5.88 Å². The topological polar surface area (TPSA) is 139 Å². The van der Waals surface area contributed by atoms with Gasteiger partial charge in [-0.2, -0.15) is 0 Å². The van der Waals surface area contributed by atoms with E-state index in [4.69, 9.17) is 25.9 Å². The molecule has 1 amide bonds. The summed E-state index contributed by atoms with van der Waals surface area (Å²) in [4.78, 5) is 27.6. The molecule has 1 saturated carbocycles. The molecule has 3 aromatic rings. The molecule has 0 bridgehead atoms. The second kappa shape index (κ2) is 9.65. The van der Waals surface area contributed by atoms with Gasteiger partial charge in [0.15, 0.2) is 0 Å². The SMILES string of the molecule is O=C(Nc1ccc(OC2CCC(C(=O)O)CC2)nc1)c1nnc(Nc2cccc(Cl)c2)o1. The normalized spacial score (nSPS) is 18.0. The zero-order valence-electron chi connectivity index (χ0n) is 16.8. The number of rotatable bonds is 7. The van der Waals surface area contributed by atoms with Gasteiger partial charge in [-0.25, -0.2) is 4.98 Å². The van der Waals surface area contributed by atoms with Crippen LogP contribution in [0, 0.1) is 5.92 Å². The van der Waals surface area contributed by atoms with Crippen molar-refractivity contribution in [1.29, 1.82) is 0 Å². The highest BCUT2D eigenvalue weighted by Crippen LogP contribution is 2.27. The van der Waals surface area contributed by atoms with Gasteiger partial charge >= 0.3 is 23.8 Å². The summed E-state index contributed by atoms with van der Waals surface area (Å²) in [6.45, 7) is 0. The fraction of sp³-hybridized carbons (Fsp3) is 0.286. The average Bonchev–Trinajstić information content (AvgIpc) is 3.24. The largest absolute Gasteiger partial charge is 0.481 e. The number of halogens is 1. The third kappa shape index (κ3) is 5.52. The van der Waals surface area contributed by atoms with Crippen LogP contribution in [0.2, 0.25) is 5.02 Å². The minimum atomic E-state index is -0.754. The van der Waals surface area contributed by atoms with E-state index in [2.05, 4.69) is 25.8 Å². The number of anilines is 3. The Bertz CT molecular complexity index is 1100. The molecule has 32 heavy (non-hydrogen) atoms. The van der Waals surface area contributed by atoms with Gasteiger partial charge in [-0.3, -0.25) is 9.59 Å². The molecule has 0 radical (unpaired) electrons. The maximum atomic E-state index is 12.4. The number of aromatic nitrogens is 3. The van der Waals surface area contributed by atoms with E-state index >= 15 is 0 Å². The van der Waals surface area contributed by atoms with Gasteiger partial charge in [0.25, 0.3) is 0 Å². The van der Waals surface area contributed by atoms with Crippen molar-refractivity contribution in [2.75, 3.05) is 10.6 Å². The van der Waals surface area contributed by atoms with Crippen LogP contribution in [-0.4, -0.2) is 38.3 Å². The number of aliphatic carboxylic acids is 1. The Labute approximate surface area is 188 Å². The number of hydrogen-bond acceptors (Lipinski definition) is 8. The molecule has 1 fully saturated rings. The summed E-state index contributed by atoms with van der Waals surface area (Å²) >= 11 is 5.93. The van der Waals surface area contributed by atoms with E-state index in [1.807, 2.05) is 0 Å². The van der Waals surface area contributed by atoms with Gasteiger partial charge in [0.05, 0.1) is 17.8 Å². The molecule has 2 aromatic heterocycles. The van der Waals surface area contributed by atoms with Crippen LogP contribution in [0.4, 0.5) is 17.4 Å². The Morgan fingerprint density at radius 2 is 1.91 bits per heavy atom. The van der Waals surface area contributed by atoms with Crippen molar-refractivity contribution in [2.24, 2.45) is 5.92 Å². The van der Waals surface area contributed by atoms with Crippen molar-refractivity contribution >= 4 is 40.9 Å². The predicted octanol–water partition coefficient (Wildman–Crippen LogP) is 4.14. The summed E-state index contributed by atoms with van der Waals surface area (Å²) in [6.07, 6.45) is 3.90. The maximum Gasteiger partial charge on any atom is 0.320 e. The number of carbonyl (C=O) groups is 2. The molecule has 0 aliphatic heterocycles. The molecule has 3 N–H and O–H groups in total. The highest BCUT2D eigenvalue weighted by Gasteiger charge is 2.27. The van der Waals surface area contributed by atoms with E-state index in [-0.39, 0.29) is 23.9 Å². The molecular weight excluding hydrogens is 438 g/mol. The first-order valence-corrected chi connectivity index (χ1v) is 10.4. The minimum absolute atomic E-state index is 0.0527. The summed E-state index contributed by atoms with van der Waals surface area (Å²) in [5.41, 5.74) is 1.07. The number of carboxylic acid groups (broad SMARTS) is 1. The van der Waals surface area contributed by atoms with Crippen LogP contribution in [0.3, 0.4) is 0 Å². The van der Waals surface area contributed by atoms with E-state index in [0.29, 0.717) is 48.0 Å². The standard InChI is InChI=1S/C21H20ClN5O5/c22-13-2-1-3-14(10-13)25-21-27-26-19(32-21)18(28)24-15-6-9-17(23-11-15)31-16-7-4-12(5-8-16)20(29)30/h1-3,6,9-12,16H,4-5,7-8H2,(H,24,28)(H,25,27)(H,29,30). The van der Waals surface area contributed by atoms with Crippen LogP contribution < -0.4 is 15.4 Å². The van der Waals surface area contributed by atoms with Crippen molar-refractivity contribution < 1.29 is 23.8 Å². The van der Waals surface area contributed by atoms with Gasteiger partial charge < -0.3 is 24.9 Å². The van der Waals surface area contributed by atoms with Crippen LogP contribution in [0.25, 0.3) is 0 Å². The van der Waals surface area contributed by atoms with Gasteiger partial charge in [0, 0.05) is 16.8 Å². The molecule has 11 heteroatoms. The zero-order chi connectivity index (χ0) is 22.5. The summed E-state index contributed by atoms with van der Waals surface area (Å²) in [7, 11) is 0. The van der Waals surface area contributed by atoms with Gasteiger partial charge in [0.1, 0.15) is 6.10 Å². The number of ether oxygens (including phenoxy) is 1. The fourth-order valence-corrected chi connectivity index (χ4v) is 3.55.